The van der Waals surface area contributed by atoms with Crippen molar-refractivity contribution in [1.29, 1.82) is 0 Å². The van der Waals surface area contributed by atoms with Gasteiger partial charge in [-0.2, -0.15) is 5.10 Å². The molecule has 0 saturated heterocycles. The minimum atomic E-state index is -0.304. The first kappa shape index (κ1) is 26.7. The number of hydrogen-bond acceptors (Lipinski definition) is 5. The number of carbonyl (C=O) groups excluding carboxylic acids is 2. The Morgan fingerprint density at radius 3 is 2.53 bits per heavy atom. The molecule has 0 aliphatic carbocycles. The number of benzene rings is 3. The van der Waals surface area contributed by atoms with Crippen molar-refractivity contribution < 1.29 is 23.5 Å². The fraction of sp³-hybridized carbons (Fsp3) is 0.222. The fourth-order valence-electron chi connectivity index (χ4n) is 3.23. The largest absolute Gasteiger partial charge is 0.493 e. The highest BCUT2D eigenvalue weighted by Crippen LogP contribution is 2.28. The van der Waals surface area contributed by atoms with Crippen LogP contribution in [-0.4, -0.2) is 25.1 Å². The smallest absolute Gasteiger partial charge is 0.240 e. The summed E-state index contributed by atoms with van der Waals surface area (Å²) in [6.07, 6.45) is 2.21. The first-order chi connectivity index (χ1) is 17.4. The third-order valence-electron chi connectivity index (χ3n) is 5.25. The summed E-state index contributed by atoms with van der Waals surface area (Å²) in [4.78, 5) is 24.2. The van der Waals surface area contributed by atoms with E-state index in [1.54, 1.807) is 48.5 Å². The van der Waals surface area contributed by atoms with Gasteiger partial charge in [0.2, 0.25) is 11.8 Å². The normalized spacial score (nSPS) is 10.8. The molecule has 7 nitrogen and oxygen atoms in total. The molecule has 9 heteroatoms. The lowest BCUT2D eigenvalue weighted by atomic mass is 10.2. The molecule has 2 amide bonds. The average molecular weight is 512 g/mol. The summed E-state index contributed by atoms with van der Waals surface area (Å²) in [6, 6.07) is 16.6. The minimum Gasteiger partial charge on any atom is -0.493 e. The van der Waals surface area contributed by atoms with E-state index in [4.69, 9.17) is 21.1 Å². The molecule has 0 radical (unpaired) electrons. The molecule has 0 spiro atoms. The molecule has 2 N–H and O–H groups in total. The van der Waals surface area contributed by atoms with Crippen LogP contribution in [0.4, 0.5) is 10.1 Å². The number of amides is 2. The van der Waals surface area contributed by atoms with Gasteiger partial charge in [-0.15, -0.1) is 0 Å². The Bertz CT molecular complexity index is 1230. The lowest BCUT2D eigenvalue weighted by molar-refractivity contribution is -0.121. The van der Waals surface area contributed by atoms with Crippen LogP contribution in [0.5, 0.6) is 11.5 Å². The number of halogens is 2. The van der Waals surface area contributed by atoms with Gasteiger partial charge in [0.25, 0.3) is 0 Å². The maximum absolute atomic E-state index is 13.0. The van der Waals surface area contributed by atoms with E-state index in [9.17, 15) is 14.0 Å². The van der Waals surface area contributed by atoms with Gasteiger partial charge in [0, 0.05) is 23.6 Å². The predicted molar refractivity (Wildman–Crippen MR) is 138 cm³/mol. The number of nitrogens with zero attached hydrogens (tertiary/aromatic N) is 1. The molecule has 3 rings (SSSR count). The Morgan fingerprint density at radius 1 is 1.03 bits per heavy atom. The van der Waals surface area contributed by atoms with Crippen LogP contribution in [0.3, 0.4) is 0 Å². The number of methoxy groups -OCH3 is 1. The molecule has 0 bridgehead atoms. The molecule has 3 aromatic rings. The first-order valence-electron chi connectivity index (χ1n) is 11.3. The van der Waals surface area contributed by atoms with Crippen LogP contribution in [0.2, 0.25) is 5.02 Å². The zero-order valence-corrected chi connectivity index (χ0v) is 20.8. The van der Waals surface area contributed by atoms with E-state index >= 15 is 0 Å². The Kier molecular flexibility index (Phi) is 9.82. The van der Waals surface area contributed by atoms with Crippen LogP contribution < -0.4 is 20.2 Å². The van der Waals surface area contributed by atoms with Gasteiger partial charge in [0.05, 0.1) is 13.3 Å². The van der Waals surface area contributed by atoms with Crippen molar-refractivity contribution in [2.75, 3.05) is 12.4 Å². The van der Waals surface area contributed by atoms with E-state index in [2.05, 4.69) is 15.8 Å². The molecule has 0 aliphatic heterocycles. The van der Waals surface area contributed by atoms with Crippen molar-refractivity contribution >= 4 is 35.3 Å². The van der Waals surface area contributed by atoms with Crippen LogP contribution >= 0.6 is 11.6 Å². The topological polar surface area (TPSA) is 89.0 Å². The number of carbonyl (C=O) groups is 2. The van der Waals surface area contributed by atoms with Gasteiger partial charge in [-0.1, -0.05) is 29.8 Å². The Hall–Kier alpha value is -3.91. The number of hydrogen-bond donors (Lipinski definition) is 2. The van der Waals surface area contributed by atoms with E-state index in [-0.39, 0.29) is 37.1 Å². The molecule has 0 unspecified atom stereocenters. The minimum absolute atomic E-state index is 0.152. The molecule has 0 aliphatic rings. The summed E-state index contributed by atoms with van der Waals surface area (Å²) < 4.78 is 24.2. The van der Waals surface area contributed by atoms with Gasteiger partial charge >= 0.3 is 0 Å². The third-order valence-corrected chi connectivity index (χ3v) is 5.66. The second-order valence-corrected chi connectivity index (χ2v) is 8.34. The Labute approximate surface area is 214 Å². The lowest BCUT2D eigenvalue weighted by Gasteiger charge is -2.11. The molecule has 188 valence electrons. The first-order valence-corrected chi connectivity index (χ1v) is 11.7. The summed E-state index contributed by atoms with van der Waals surface area (Å²) in [5, 5.41) is 7.35. The summed E-state index contributed by atoms with van der Waals surface area (Å²) in [7, 11) is 1.52. The monoisotopic (exact) mass is 511 g/mol. The summed E-state index contributed by atoms with van der Waals surface area (Å²) in [6.45, 7) is 2.09. The summed E-state index contributed by atoms with van der Waals surface area (Å²) in [5.74, 6) is 0.221. The fourth-order valence-corrected chi connectivity index (χ4v) is 3.40. The van der Waals surface area contributed by atoms with Crippen molar-refractivity contribution in [3.63, 3.8) is 0 Å². The van der Waals surface area contributed by atoms with Crippen LogP contribution in [0.15, 0.2) is 65.8 Å². The highest BCUT2D eigenvalue weighted by atomic mass is 35.5. The number of ether oxygens (including phenoxy) is 2. The van der Waals surface area contributed by atoms with Gasteiger partial charge in [0.15, 0.2) is 11.5 Å². The van der Waals surface area contributed by atoms with Gasteiger partial charge in [0.1, 0.15) is 12.4 Å². The average Bonchev–Trinajstić information content (AvgIpc) is 2.87. The van der Waals surface area contributed by atoms with E-state index in [0.29, 0.717) is 34.2 Å². The second-order valence-electron chi connectivity index (χ2n) is 7.93. The van der Waals surface area contributed by atoms with Gasteiger partial charge < -0.3 is 14.8 Å². The van der Waals surface area contributed by atoms with Crippen LogP contribution in [0.1, 0.15) is 36.0 Å². The molecule has 0 fully saturated rings. The van der Waals surface area contributed by atoms with Crippen LogP contribution in [0.25, 0.3) is 0 Å². The van der Waals surface area contributed by atoms with Crippen LogP contribution in [0, 0.1) is 12.7 Å². The summed E-state index contributed by atoms with van der Waals surface area (Å²) in [5.41, 5.74) is 5.42. The maximum Gasteiger partial charge on any atom is 0.240 e. The lowest BCUT2D eigenvalue weighted by Crippen LogP contribution is -2.18. The van der Waals surface area contributed by atoms with Gasteiger partial charge in [-0.25, -0.2) is 9.82 Å². The number of anilines is 1. The number of nitrogens with one attached hydrogen (secondary N) is 2. The highest BCUT2D eigenvalue weighted by Gasteiger charge is 2.09. The molecule has 36 heavy (non-hydrogen) atoms. The summed E-state index contributed by atoms with van der Waals surface area (Å²) >= 11 is 6.06. The van der Waals surface area contributed by atoms with E-state index in [0.717, 1.165) is 11.1 Å². The SMILES string of the molecule is COc1cc(/C=N\NC(=O)CCCC(=O)Nc2cccc(Cl)c2C)ccc1OCc1ccc(F)cc1. The van der Waals surface area contributed by atoms with E-state index in [1.807, 2.05) is 6.92 Å². The van der Waals surface area contributed by atoms with Crippen molar-refractivity contribution in [3.8, 4) is 11.5 Å². The van der Waals surface area contributed by atoms with Crippen LogP contribution in [-0.2, 0) is 16.2 Å². The van der Waals surface area contributed by atoms with Crippen molar-refractivity contribution in [1.82, 2.24) is 5.43 Å². The quantitative estimate of drug-likeness (QED) is 0.258. The molecular weight excluding hydrogens is 485 g/mol. The molecule has 0 atom stereocenters. The zero-order valence-electron chi connectivity index (χ0n) is 20.0. The van der Waals surface area contributed by atoms with Crippen molar-refractivity contribution in [2.45, 2.75) is 32.8 Å². The van der Waals surface area contributed by atoms with Crippen molar-refractivity contribution in [3.05, 3.63) is 88.2 Å². The van der Waals surface area contributed by atoms with E-state index in [1.165, 1.54) is 25.5 Å². The number of rotatable bonds is 11. The maximum atomic E-state index is 13.0. The standard InChI is InChI=1S/C27H27ClFN3O4/c1-18-22(28)5-3-6-23(18)31-26(33)7-4-8-27(34)32-30-16-20-11-14-24(25(15-20)35-2)36-17-19-9-12-21(29)13-10-19/h3,5-6,9-16H,4,7-8,17H2,1-2H3,(H,31,33)(H,32,34)/b30-16-. The van der Waals surface area contributed by atoms with Crippen molar-refractivity contribution in [2.24, 2.45) is 5.10 Å². The Balaban J connectivity index is 1.42. The van der Waals surface area contributed by atoms with Gasteiger partial charge in [-0.05, 0) is 72.5 Å². The van der Waals surface area contributed by atoms with Gasteiger partial charge in [-0.3, -0.25) is 9.59 Å². The molecule has 0 saturated carbocycles. The molecule has 0 aromatic heterocycles. The number of hydrazone groups is 1. The van der Waals surface area contributed by atoms with E-state index < -0.39 is 0 Å². The highest BCUT2D eigenvalue weighted by molar-refractivity contribution is 6.31. The molecular formula is C27H27ClFN3O4. The molecule has 0 heterocycles. The zero-order chi connectivity index (χ0) is 25.9. The molecule has 3 aromatic carbocycles. The third kappa shape index (κ3) is 8.09. The predicted octanol–water partition coefficient (Wildman–Crippen LogP) is 5.63. The second kappa shape index (κ2) is 13.3. The Morgan fingerprint density at radius 2 is 1.78 bits per heavy atom.